The van der Waals surface area contributed by atoms with Crippen molar-refractivity contribution >= 4 is 5.91 Å². The summed E-state index contributed by atoms with van der Waals surface area (Å²) in [6.45, 7) is 27.1. The maximum absolute atomic E-state index is 13.2. The van der Waals surface area contributed by atoms with Crippen LogP contribution in [0.15, 0.2) is 48.5 Å². The van der Waals surface area contributed by atoms with E-state index in [2.05, 4.69) is 137 Å². The number of fused-ring (bicyclic) bond motifs is 8. The number of aromatic hydroxyl groups is 3. The van der Waals surface area contributed by atoms with Crippen LogP contribution in [0.3, 0.4) is 0 Å². The third kappa shape index (κ3) is 10.3. The van der Waals surface area contributed by atoms with Crippen LogP contribution in [0.4, 0.5) is 0 Å². The van der Waals surface area contributed by atoms with Crippen molar-refractivity contribution in [1.29, 1.82) is 0 Å². The highest BCUT2D eigenvalue weighted by molar-refractivity contribution is 5.77. The van der Waals surface area contributed by atoms with Crippen LogP contribution in [0, 0.1) is 0 Å². The maximum atomic E-state index is 13.2. The van der Waals surface area contributed by atoms with Gasteiger partial charge in [-0.1, -0.05) is 132 Å². The fourth-order valence-corrected chi connectivity index (χ4v) is 7.45. The predicted molar refractivity (Wildman–Crippen MR) is 234 cm³/mol. The number of rotatable bonds is 6. The second-order valence-corrected chi connectivity index (χ2v) is 20.7. The van der Waals surface area contributed by atoms with Gasteiger partial charge < -0.3 is 30.3 Å². The molecule has 7 nitrogen and oxygen atoms in total. The summed E-state index contributed by atoms with van der Waals surface area (Å²) in [7, 11) is 3.93. The van der Waals surface area contributed by atoms with Gasteiger partial charge in [-0.3, -0.25) is 4.79 Å². The van der Waals surface area contributed by atoms with Gasteiger partial charge in [0, 0.05) is 38.8 Å². The lowest BCUT2D eigenvalue weighted by Gasteiger charge is -2.27. The minimum absolute atomic E-state index is 0.176. The number of likely N-dealkylation sites (N-methyl/N-ethyl adjacent to an activating group) is 1. The minimum Gasteiger partial charge on any atom is -0.507 e. The normalized spacial score (nSPS) is 13.8. The second-order valence-electron chi connectivity index (χ2n) is 20.7. The summed E-state index contributed by atoms with van der Waals surface area (Å²) >= 11 is 0. The number of nitrogens with zero attached hydrogens (tertiary/aromatic N) is 1. The Kier molecular flexibility index (Phi) is 12.3. The van der Waals surface area contributed by atoms with Crippen molar-refractivity contribution in [1.82, 2.24) is 10.2 Å². The topological polar surface area (TPSA) is 102 Å². The first kappa shape index (κ1) is 43.6. The van der Waals surface area contributed by atoms with Gasteiger partial charge in [-0.05, 0) is 103 Å². The molecule has 4 N–H and O–H groups in total. The summed E-state index contributed by atoms with van der Waals surface area (Å²) in [6.07, 6.45) is 1.31. The van der Waals surface area contributed by atoms with Crippen molar-refractivity contribution in [3.05, 3.63) is 115 Å². The molecule has 0 spiro atoms. The van der Waals surface area contributed by atoms with Crippen LogP contribution < -0.4 is 10.1 Å². The van der Waals surface area contributed by atoms with Gasteiger partial charge in [0.05, 0.1) is 0 Å². The number of nitrogens with one attached hydrogen (secondary N) is 1. The molecule has 1 aliphatic rings. The van der Waals surface area contributed by atoms with Gasteiger partial charge >= 0.3 is 0 Å². The van der Waals surface area contributed by atoms with Crippen molar-refractivity contribution in [2.24, 2.45) is 0 Å². The molecule has 0 saturated carbocycles. The summed E-state index contributed by atoms with van der Waals surface area (Å²) in [4.78, 5) is 15.2. The molecule has 5 rings (SSSR count). The molecule has 0 aromatic heterocycles. The Bertz CT molecular complexity index is 2020. The highest BCUT2D eigenvalue weighted by Gasteiger charge is 2.28. The number of phenolic OH excluding ortho intramolecular Hbond substituents is 3. The number of benzene rings is 4. The molecule has 0 radical (unpaired) electrons. The number of carbonyl (C=O) groups is 1. The maximum Gasteiger partial charge on any atom is 0.257 e. The number of ether oxygens (including phenoxy) is 1. The van der Waals surface area contributed by atoms with E-state index < -0.39 is 0 Å². The van der Waals surface area contributed by atoms with E-state index in [1.54, 1.807) is 0 Å². The lowest BCUT2D eigenvalue weighted by atomic mass is 9.79. The van der Waals surface area contributed by atoms with Crippen LogP contribution in [0.5, 0.6) is 23.0 Å². The second kappa shape index (κ2) is 16.0. The van der Waals surface area contributed by atoms with E-state index in [1.165, 1.54) is 0 Å². The van der Waals surface area contributed by atoms with Gasteiger partial charge in [0.2, 0.25) is 0 Å². The molecule has 0 aliphatic heterocycles. The zero-order chi connectivity index (χ0) is 42.4. The number of phenols is 3. The average molecular weight is 777 g/mol. The van der Waals surface area contributed by atoms with Gasteiger partial charge in [0.25, 0.3) is 5.91 Å². The van der Waals surface area contributed by atoms with E-state index in [0.29, 0.717) is 44.5 Å². The van der Waals surface area contributed by atoms with Crippen molar-refractivity contribution < 1.29 is 24.9 Å². The molecule has 0 unspecified atom stereocenters. The molecule has 7 heteroatoms. The van der Waals surface area contributed by atoms with E-state index in [4.69, 9.17) is 4.74 Å². The SMILES string of the molecule is CN(C)CCNC(=O)COc1c2cc(C(C)(C)C)cc1Cc1cc(C(C)(C)C)cc(c1O)Cc1cc(C(C)(C)C)cc(c1O)Cc1cc(C(C)(C)C)cc(c1O)C2. The molecule has 0 saturated heterocycles. The van der Waals surface area contributed by atoms with Crippen molar-refractivity contribution in [3.8, 4) is 23.0 Å². The molecule has 0 heterocycles. The largest absolute Gasteiger partial charge is 0.507 e. The lowest BCUT2D eigenvalue weighted by Crippen LogP contribution is -2.34. The monoisotopic (exact) mass is 777 g/mol. The van der Waals surface area contributed by atoms with Gasteiger partial charge in [0.1, 0.15) is 23.0 Å². The number of amides is 1. The molecule has 308 valence electrons. The molecule has 0 atom stereocenters. The Balaban J connectivity index is 1.85. The third-order valence-electron chi connectivity index (χ3n) is 11.3. The van der Waals surface area contributed by atoms with Crippen molar-refractivity contribution in [3.63, 3.8) is 0 Å². The van der Waals surface area contributed by atoms with Crippen LogP contribution in [0.1, 0.15) is 150 Å². The van der Waals surface area contributed by atoms with Crippen LogP contribution in [0.25, 0.3) is 0 Å². The summed E-state index contributed by atoms with van der Waals surface area (Å²) < 4.78 is 6.59. The number of hydrogen-bond donors (Lipinski definition) is 4. The molecular weight excluding hydrogens is 709 g/mol. The Hall–Kier alpha value is -4.49. The quantitative estimate of drug-likeness (QED) is 0.137. The van der Waals surface area contributed by atoms with Gasteiger partial charge in [-0.15, -0.1) is 0 Å². The van der Waals surface area contributed by atoms with Gasteiger partial charge in [0.15, 0.2) is 6.61 Å². The Morgan fingerprint density at radius 3 is 1.05 bits per heavy atom. The molecule has 8 bridgehead atoms. The molecular formula is C50H68N2O5. The summed E-state index contributed by atoms with van der Waals surface area (Å²) in [5.41, 5.74) is 9.49. The first-order valence-corrected chi connectivity index (χ1v) is 20.5. The lowest BCUT2D eigenvalue weighted by molar-refractivity contribution is -0.123. The van der Waals surface area contributed by atoms with Crippen LogP contribution in [-0.2, 0) is 52.1 Å². The first-order valence-electron chi connectivity index (χ1n) is 20.5. The molecule has 57 heavy (non-hydrogen) atoms. The summed E-state index contributed by atoms with van der Waals surface area (Å²) in [5, 5.41) is 39.5. The molecule has 1 amide bonds. The van der Waals surface area contributed by atoms with Crippen LogP contribution >= 0.6 is 0 Å². The van der Waals surface area contributed by atoms with Gasteiger partial charge in [-0.2, -0.15) is 0 Å². The summed E-state index contributed by atoms with van der Waals surface area (Å²) in [6, 6.07) is 16.7. The minimum atomic E-state index is -0.238. The Morgan fingerprint density at radius 2 is 0.789 bits per heavy atom. The van der Waals surface area contributed by atoms with Crippen LogP contribution in [-0.4, -0.2) is 59.9 Å². The van der Waals surface area contributed by atoms with E-state index in [9.17, 15) is 20.1 Å². The zero-order valence-electron chi connectivity index (χ0n) is 37.2. The van der Waals surface area contributed by atoms with E-state index in [1.807, 2.05) is 19.0 Å². The predicted octanol–water partition coefficient (Wildman–Crippen LogP) is 9.73. The number of carbonyl (C=O) groups excluding carboxylic acids is 1. The molecule has 4 aromatic rings. The molecule has 0 fully saturated rings. The molecule has 1 aliphatic carbocycles. The van der Waals surface area contributed by atoms with E-state index in [-0.39, 0.29) is 51.4 Å². The summed E-state index contributed by atoms with van der Waals surface area (Å²) in [5.74, 6) is 0.916. The number of hydrogen-bond acceptors (Lipinski definition) is 6. The highest BCUT2D eigenvalue weighted by Crippen LogP contribution is 2.43. The standard InChI is InChI=1S/C50H68N2O5/c1-47(2,3)38-21-30-17-32-23-39(48(4,5)6)25-34(44(32)55)19-36-27-41(50(10,11)12)28-37(46(36)57-29-42(53)51-15-16-52(13)14)20-35-26-40(49(7,8)9)24-33(45(35)56)18-31(22-38)43(30)54/h21-28,54-56H,15-20,29H2,1-14H3,(H,51,53). The van der Waals surface area contributed by atoms with E-state index >= 15 is 0 Å². The van der Waals surface area contributed by atoms with Crippen molar-refractivity contribution in [2.45, 2.75) is 130 Å². The Labute approximate surface area is 342 Å². The van der Waals surface area contributed by atoms with E-state index in [0.717, 1.165) is 66.8 Å². The van der Waals surface area contributed by atoms with Crippen molar-refractivity contribution in [2.75, 3.05) is 33.8 Å². The third-order valence-corrected chi connectivity index (χ3v) is 11.3. The smallest absolute Gasteiger partial charge is 0.257 e. The molecule has 4 aromatic carbocycles. The van der Waals surface area contributed by atoms with Crippen LogP contribution in [0.2, 0.25) is 0 Å². The zero-order valence-corrected chi connectivity index (χ0v) is 37.2. The van der Waals surface area contributed by atoms with Gasteiger partial charge in [-0.25, -0.2) is 0 Å². The fraction of sp³-hybridized carbons (Fsp3) is 0.500. The first-order chi connectivity index (χ1) is 26.2. The highest BCUT2D eigenvalue weighted by atomic mass is 16.5. The fourth-order valence-electron chi connectivity index (χ4n) is 7.45. The average Bonchev–Trinajstić information content (AvgIpc) is 3.06. The Morgan fingerprint density at radius 1 is 0.526 bits per heavy atom.